The molecule has 0 bridgehead atoms. The Morgan fingerprint density at radius 2 is 1.93 bits per heavy atom. The zero-order valence-corrected chi connectivity index (χ0v) is 16.7. The van der Waals surface area contributed by atoms with Crippen LogP contribution in [0.1, 0.15) is 12.7 Å². The molecule has 0 radical (unpaired) electrons. The number of amides is 1. The molecular formula is C19H19N3O4S2. The minimum absolute atomic E-state index is 0.0800. The van der Waals surface area contributed by atoms with Crippen LogP contribution >= 0.6 is 11.8 Å². The van der Waals surface area contributed by atoms with Gasteiger partial charge in [-0.05, 0) is 55.5 Å². The number of anilines is 2. The van der Waals surface area contributed by atoms with Gasteiger partial charge in [0, 0.05) is 11.9 Å². The monoisotopic (exact) mass is 417 g/mol. The fourth-order valence-corrected chi connectivity index (χ4v) is 4.06. The summed E-state index contributed by atoms with van der Waals surface area (Å²) in [7, 11) is -3.75. The molecule has 1 unspecified atom stereocenters. The van der Waals surface area contributed by atoms with Crippen LogP contribution in [0.25, 0.3) is 0 Å². The van der Waals surface area contributed by atoms with Crippen LogP contribution in [-0.2, 0) is 20.6 Å². The topological polar surface area (TPSA) is 101 Å². The first-order chi connectivity index (χ1) is 13.4. The summed E-state index contributed by atoms with van der Waals surface area (Å²) in [5, 5.41) is 2.49. The zero-order valence-electron chi connectivity index (χ0n) is 15.0. The van der Waals surface area contributed by atoms with Crippen LogP contribution < -0.4 is 10.0 Å². The molecule has 2 heterocycles. The fourth-order valence-electron chi connectivity index (χ4n) is 2.26. The van der Waals surface area contributed by atoms with Crippen molar-refractivity contribution in [1.29, 1.82) is 0 Å². The van der Waals surface area contributed by atoms with Crippen molar-refractivity contribution in [3.63, 3.8) is 0 Å². The van der Waals surface area contributed by atoms with Crippen LogP contribution in [0.4, 0.5) is 11.5 Å². The van der Waals surface area contributed by atoms with E-state index in [1.807, 2.05) is 6.07 Å². The maximum Gasteiger partial charge on any atom is 0.263 e. The highest BCUT2D eigenvalue weighted by atomic mass is 32.2. The summed E-state index contributed by atoms with van der Waals surface area (Å²) >= 11 is 1.45. The first kappa shape index (κ1) is 20.0. The number of nitrogens with one attached hydrogen (secondary N) is 2. The number of hydrogen-bond donors (Lipinski definition) is 2. The van der Waals surface area contributed by atoms with E-state index in [1.54, 1.807) is 49.6 Å². The van der Waals surface area contributed by atoms with E-state index in [2.05, 4.69) is 15.0 Å². The third-order valence-corrected chi connectivity index (χ3v) is 6.30. The maximum atomic E-state index is 12.4. The highest BCUT2D eigenvalue weighted by Gasteiger charge is 2.17. The highest BCUT2D eigenvalue weighted by Crippen LogP contribution is 2.21. The number of pyridine rings is 1. The lowest BCUT2D eigenvalue weighted by atomic mass is 10.3. The molecule has 2 aromatic heterocycles. The smallest absolute Gasteiger partial charge is 0.263 e. The fraction of sp³-hybridized carbons (Fsp3) is 0.158. The molecule has 3 aromatic rings. The molecule has 0 saturated carbocycles. The van der Waals surface area contributed by atoms with Crippen LogP contribution in [0.2, 0.25) is 0 Å². The molecule has 146 valence electrons. The molecule has 9 heteroatoms. The van der Waals surface area contributed by atoms with E-state index in [9.17, 15) is 13.2 Å². The van der Waals surface area contributed by atoms with Gasteiger partial charge in [-0.15, -0.1) is 11.8 Å². The van der Waals surface area contributed by atoms with Gasteiger partial charge in [0.15, 0.2) is 0 Å². The number of carbonyl (C=O) groups excluding carboxylic acids is 1. The molecule has 1 atom stereocenters. The summed E-state index contributed by atoms with van der Waals surface area (Å²) < 4.78 is 32.4. The van der Waals surface area contributed by atoms with Crippen LogP contribution in [0, 0.1) is 0 Å². The second-order valence-electron chi connectivity index (χ2n) is 5.87. The van der Waals surface area contributed by atoms with Gasteiger partial charge in [0.25, 0.3) is 10.0 Å². The SMILES string of the molecule is CC(SCc1ccco1)C(=O)Nc1ccc(S(=O)(=O)Nc2ccccn2)cc1. The van der Waals surface area contributed by atoms with Gasteiger partial charge in [-0.25, -0.2) is 13.4 Å². The quantitative estimate of drug-likeness (QED) is 0.579. The molecular weight excluding hydrogens is 398 g/mol. The lowest BCUT2D eigenvalue weighted by Gasteiger charge is -2.12. The van der Waals surface area contributed by atoms with Gasteiger partial charge in [-0.2, -0.15) is 0 Å². The molecule has 28 heavy (non-hydrogen) atoms. The average molecular weight is 418 g/mol. The molecule has 0 saturated heterocycles. The van der Waals surface area contributed by atoms with Crippen molar-refractivity contribution in [2.24, 2.45) is 0 Å². The number of carbonyl (C=O) groups is 1. The van der Waals surface area contributed by atoms with Crippen molar-refractivity contribution < 1.29 is 17.6 Å². The van der Waals surface area contributed by atoms with Crippen molar-refractivity contribution in [3.8, 4) is 0 Å². The van der Waals surface area contributed by atoms with Gasteiger partial charge in [0.05, 0.1) is 22.2 Å². The molecule has 0 aliphatic heterocycles. The van der Waals surface area contributed by atoms with Crippen LogP contribution in [0.3, 0.4) is 0 Å². The van der Waals surface area contributed by atoms with Gasteiger partial charge >= 0.3 is 0 Å². The standard InChI is InChI=1S/C19H19N3O4S2/c1-14(27-13-16-5-4-12-26-16)19(23)21-15-7-9-17(10-8-15)28(24,25)22-18-6-2-3-11-20-18/h2-12,14H,13H2,1H3,(H,20,22)(H,21,23). The van der Waals surface area contributed by atoms with Crippen molar-refractivity contribution in [3.05, 3.63) is 72.8 Å². The molecule has 0 spiro atoms. The van der Waals surface area contributed by atoms with E-state index in [-0.39, 0.29) is 21.9 Å². The van der Waals surface area contributed by atoms with E-state index >= 15 is 0 Å². The van der Waals surface area contributed by atoms with E-state index in [0.29, 0.717) is 11.4 Å². The van der Waals surface area contributed by atoms with Gasteiger partial charge < -0.3 is 9.73 Å². The predicted molar refractivity (Wildman–Crippen MR) is 110 cm³/mol. The van der Waals surface area contributed by atoms with Gasteiger partial charge in [0.2, 0.25) is 5.91 Å². The van der Waals surface area contributed by atoms with Crippen molar-refractivity contribution in [2.45, 2.75) is 22.8 Å². The Morgan fingerprint density at radius 1 is 1.14 bits per heavy atom. The van der Waals surface area contributed by atoms with E-state index in [1.165, 1.54) is 30.1 Å². The summed E-state index contributed by atoms with van der Waals surface area (Å²) in [5.74, 6) is 1.47. The Morgan fingerprint density at radius 3 is 2.57 bits per heavy atom. The third-order valence-electron chi connectivity index (χ3n) is 3.76. The maximum absolute atomic E-state index is 12.4. The van der Waals surface area contributed by atoms with Crippen LogP contribution in [0.5, 0.6) is 0 Å². The Kier molecular flexibility index (Phi) is 6.37. The van der Waals surface area contributed by atoms with E-state index < -0.39 is 10.0 Å². The Balaban J connectivity index is 1.58. The van der Waals surface area contributed by atoms with Crippen LogP contribution in [-0.4, -0.2) is 24.6 Å². The summed E-state index contributed by atoms with van der Waals surface area (Å²) in [6.07, 6.45) is 3.10. The molecule has 0 aliphatic rings. The summed E-state index contributed by atoms with van der Waals surface area (Å²) in [5.41, 5.74) is 0.521. The first-order valence-electron chi connectivity index (χ1n) is 8.43. The van der Waals surface area contributed by atoms with E-state index in [0.717, 1.165) is 5.76 Å². The number of rotatable bonds is 8. The number of thioether (sulfide) groups is 1. The largest absolute Gasteiger partial charge is 0.468 e. The molecule has 1 amide bonds. The van der Waals surface area contributed by atoms with Gasteiger partial charge in [0.1, 0.15) is 11.6 Å². The molecule has 0 fully saturated rings. The van der Waals surface area contributed by atoms with Crippen LogP contribution in [0.15, 0.2) is 76.4 Å². The Hall–Kier alpha value is -2.78. The van der Waals surface area contributed by atoms with Gasteiger partial charge in [-0.3, -0.25) is 9.52 Å². The average Bonchev–Trinajstić information content (AvgIpc) is 3.20. The highest BCUT2D eigenvalue weighted by molar-refractivity contribution is 7.99. The second kappa shape index (κ2) is 8.94. The lowest BCUT2D eigenvalue weighted by molar-refractivity contribution is -0.115. The zero-order chi connectivity index (χ0) is 20.0. The minimum atomic E-state index is -3.75. The third kappa shape index (κ3) is 5.37. The lowest BCUT2D eigenvalue weighted by Crippen LogP contribution is -2.22. The molecule has 0 aliphatic carbocycles. The minimum Gasteiger partial charge on any atom is -0.468 e. The number of furan rings is 1. The first-order valence-corrected chi connectivity index (χ1v) is 11.0. The number of aromatic nitrogens is 1. The van der Waals surface area contributed by atoms with Crippen molar-refractivity contribution in [2.75, 3.05) is 10.0 Å². The summed E-state index contributed by atoms with van der Waals surface area (Å²) in [6, 6.07) is 14.6. The Labute approximate surface area is 167 Å². The molecule has 1 aromatic carbocycles. The second-order valence-corrected chi connectivity index (χ2v) is 8.88. The molecule has 7 nitrogen and oxygen atoms in total. The number of hydrogen-bond acceptors (Lipinski definition) is 6. The predicted octanol–water partition coefficient (Wildman–Crippen LogP) is 3.74. The van der Waals surface area contributed by atoms with E-state index in [4.69, 9.17) is 4.42 Å². The van der Waals surface area contributed by atoms with Gasteiger partial charge in [-0.1, -0.05) is 6.07 Å². The number of nitrogens with zero attached hydrogens (tertiary/aromatic N) is 1. The molecule has 2 N–H and O–H groups in total. The van der Waals surface area contributed by atoms with Crippen molar-refractivity contribution in [1.82, 2.24) is 4.98 Å². The van der Waals surface area contributed by atoms with Crippen molar-refractivity contribution >= 4 is 39.2 Å². The number of benzene rings is 1. The Bertz CT molecular complexity index is 1010. The normalized spacial score (nSPS) is 12.3. The molecule has 3 rings (SSSR count). The number of sulfonamides is 1. The summed E-state index contributed by atoms with van der Waals surface area (Å²) in [6.45, 7) is 1.80. The summed E-state index contributed by atoms with van der Waals surface area (Å²) in [4.78, 5) is 16.3.